The molecule has 166 valence electrons. The standard InChI is InChI=1S/C12H10Si.2C9H7.2ClH.Hf/c1-3-7-11(8-4-1)13-12-9-5-2-6-10-12;2*1-2-5-9-7-3-6-8(9)4-1;;;/h1-10H;2*1-7H;2*1H;/q;;;;;+2/p-2. The Hall–Kier alpha value is -1.97. The van der Waals surface area contributed by atoms with E-state index < -0.39 is 25.6 Å². The molecule has 0 bridgehead atoms. The zero-order chi connectivity index (χ0) is 21.3. The number of rotatable bonds is 4. The van der Waals surface area contributed by atoms with Crippen LogP contribution in [0.1, 0.15) is 29.6 Å². The van der Waals surface area contributed by atoms with Crippen molar-refractivity contribution in [2.24, 2.45) is 0 Å². The van der Waals surface area contributed by atoms with E-state index in [1.165, 1.54) is 11.1 Å². The molecule has 2 unspecified atom stereocenters. The van der Waals surface area contributed by atoms with Crippen LogP contribution in [0.3, 0.4) is 0 Å². The maximum Gasteiger partial charge on any atom is -1.00 e. The zero-order valence-electron chi connectivity index (χ0n) is 18.6. The Kier molecular flexibility index (Phi) is 8.26. The largest absolute Gasteiger partial charge is 1.00 e. The van der Waals surface area contributed by atoms with E-state index in [9.17, 15) is 0 Å². The molecule has 4 heteroatoms. The second kappa shape index (κ2) is 11.2. The summed E-state index contributed by atoms with van der Waals surface area (Å²) < 4.78 is 1.23. The smallest absolute Gasteiger partial charge is 1.00 e. The second-order valence-corrected chi connectivity index (χ2v) is 28.3. The number of hydrogen-bond acceptors (Lipinski definition) is 0. The number of benzene rings is 4. The first-order valence-corrected chi connectivity index (χ1v) is 22.3. The van der Waals surface area contributed by atoms with E-state index in [1.54, 1.807) is 21.5 Å². The Labute approximate surface area is 222 Å². The van der Waals surface area contributed by atoms with Crippen LogP contribution in [0, 0.1) is 0 Å². The molecule has 0 spiro atoms. The van der Waals surface area contributed by atoms with Crippen LogP contribution in [-0.2, 0) is 20.1 Å². The molecular formula is C30H24Cl2HfSi. The fourth-order valence-electron chi connectivity index (χ4n) is 5.26. The van der Waals surface area contributed by atoms with Gasteiger partial charge in [-0.1, -0.05) is 0 Å². The fraction of sp³-hybridized carbons (Fsp3) is 0.0667. The predicted molar refractivity (Wildman–Crippen MR) is 134 cm³/mol. The van der Waals surface area contributed by atoms with Crippen molar-refractivity contribution in [2.45, 2.75) is 7.35 Å². The van der Waals surface area contributed by atoms with Crippen LogP contribution < -0.4 is 35.2 Å². The van der Waals surface area contributed by atoms with E-state index in [2.05, 4.69) is 133 Å². The van der Waals surface area contributed by atoms with Crippen molar-refractivity contribution in [3.05, 3.63) is 144 Å². The van der Waals surface area contributed by atoms with Gasteiger partial charge >= 0.3 is 199 Å². The molecule has 0 amide bonds. The van der Waals surface area contributed by atoms with Crippen molar-refractivity contribution >= 4 is 28.0 Å². The fourth-order valence-corrected chi connectivity index (χ4v) is 37.4. The van der Waals surface area contributed by atoms with Gasteiger partial charge in [0.1, 0.15) is 0 Å². The van der Waals surface area contributed by atoms with E-state index in [1.807, 2.05) is 0 Å². The summed E-state index contributed by atoms with van der Waals surface area (Å²) in [5, 5.41) is 3.17. The van der Waals surface area contributed by atoms with Crippen LogP contribution in [0.25, 0.3) is 12.2 Å². The Morgan fingerprint density at radius 1 is 0.471 bits per heavy atom. The zero-order valence-corrected chi connectivity index (χ0v) is 24.7. The Balaban J connectivity index is 0.00000137. The minimum absolute atomic E-state index is 0. The van der Waals surface area contributed by atoms with E-state index >= 15 is 0 Å². The van der Waals surface area contributed by atoms with E-state index in [-0.39, 0.29) is 24.8 Å². The molecule has 4 aromatic rings. The summed E-state index contributed by atoms with van der Waals surface area (Å²) in [6, 6.07) is 41.1. The quantitative estimate of drug-likeness (QED) is 0.270. The van der Waals surface area contributed by atoms with Gasteiger partial charge in [-0.2, -0.15) is 0 Å². The summed E-state index contributed by atoms with van der Waals surface area (Å²) in [6.45, 7) is 0. The topological polar surface area (TPSA) is 0 Å². The number of allylic oxidation sites excluding steroid dienone is 2. The molecule has 0 fully saturated rings. The Bertz CT molecular complexity index is 1270. The molecule has 0 N–H and O–H groups in total. The average molecular weight is 662 g/mol. The minimum atomic E-state index is -2.48. The van der Waals surface area contributed by atoms with Gasteiger partial charge in [-0.3, -0.25) is 0 Å². The molecule has 0 radical (unpaired) electrons. The molecule has 34 heavy (non-hydrogen) atoms. The number of fused-ring (bicyclic) bond motifs is 2. The van der Waals surface area contributed by atoms with E-state index in [0.717, 1.165) is 0 Å². The third-order valence-corrected chi connectivity index (χ3v) is 35.1. The minimum Gasteiger partial charge on any atom is -1.00 e. The second-order valence-electron chi connectivity index (χ2n) is 8.49. The van der Waals surface area contributed by atoms with Gasteiger partial charge in [0, 0.05) is 0 Å². The van der Waals surface area contributed by atoms with Gasteiger partial charge in [-0.05, 0) is 0 Å². The first kappa shape index (κ1) is 25.1. The van der Waals surface area contributed by atoms with Crippen molar-refractivity contribution in [1.82, 2.24) is 0 Å². The van der Waals surface area contributed by atoms with Gasteiger partial charge in [0.05, 0.1) is 0 Å². The maximum atomic E-state index is 2.57. The summed E-state index contributed by atoms with van der Waals surface area (Å²) in [7, 11) is 0. The van der Waals surface area contributed by atoms with Crippen LogP contribution in [-0.4, -0.2) is 5.49 Å². The summed E-state index contributed by atoms with van der Waals surface area (Å²) in [4.78, 5) is 0. The first-order chi connectivity index (χ1) is 15.9. The monoisotopic (exact) mass is 662 g/mol. The summed E-state index contributed by atoms with van der Waals surface area (Å²) in [5.74, 6) is 0. The van der Waals surface area contributed by atoms with Crippen LogP contribution in [0.5, 0.6) is 0 Å². The molecule has 2 atom stereocenters. The third kappa shape index (κ3) is 4.62. The van der Waals surface area contributed by atoms with Crippen LogP contribution in [0.4, 0.5) is 0 Å². The summed E-state index contributed by atoms with van der Waals surface area (Å²) in [6.07, 6.45) is 9.92. The average Bonchev–Trinajstić information content (AvgIpc) is 3.48. The Morgan fingerprint density at radius 3 is 1.29 bits per heavy atom. The van der Waals surface area contributed by atoms with Gasteiger partial charge < -0.3 is 24.8 Å². The van der Waals surface area contributed by atoms with Crippen molar-refractivity contribution in [2.75, 3.05) is 0 Å². The summed E-state index contributed by atoms with van der Waals surface area (Å²) >= 11 is -2.48. The molecule has 0 saturated carbocycles. The molecule has 0 nitrogen and oxygen atoms in total. The Morgan fingerprint density at radius 2 is 0.853 bits per heavy atom. The first-order valence-electron chi connectivity index (χ1n) is 11.3. The van der Waals surface area contributed by atoms with Gasteiger partial charge in [0.25, 0.3) is 0 Å². The van der Waals surface area contributed by atoms with Gasteiger partial charge in [-0.25, -0.2) is 0 Å². The van der Waals surface area contributed by atoms with E-state index in [0.29, 0.717) is 7.35 Å². The molecule has 4 aromatic carbocycles. The summed E-state index contributed by atoms with van der Waals surface area (Å²) in [5.41, 5.74) is 5.12. The molecule has 0 saturated heterocycles. The van der Waals surface area contributed by atoms with Gasteiger partial charge in [0.2, 0.25) is 0 Å². The molecular weight excluding hydrogens is 638 g/mol. The molecule has 6 rings (SSSR count). The van der Waals surface area contributed by atoms with Crippen LogP contribution >= 0.6 is 0 Å². The normalized spacial score (nSPS) is 16.4. The van der Waals surface area contributed by atoms with Gasteiger partial charge in [-0.15, -0.1) is 0 Å². The van der Waals surface area contributed by atoms with Gasteiger partial charge in [0.15, 0.2) is 0 Å². The van der Waals surface area contributed by atoms with Crippen molar-refractivity contribution < 1.29 is 44.9 Å². The molecule has 0 heterocycles. The molecule has 2 aliphatic carbocycles. The van der Waals surface area contributed by atoms with E-state index in [4.69, 9.17) is 0 Å². The van der Waals surface area contributed by atoms with Crippen LogP contribution in [0.2, 0.25) is 0 Å². The van der Waals surface area contributed by atoms with Crippen LogP contribution in [0.15, 0.2) is 121 Å². The number of halogens is 2. The maximum absolute atomic E-state index is 2.57. The third-order valence-electron chi connectivity index (χ3n) is 6.68. The predicted octanol–water partition coefficient (Wildman–Crippen LogP) is -0.0453. The van der Waals surface area contributed by atoms with Crippen molar-refractivity contribution in [3.8, 4) is 0 Å². The molecule has 2 aliphatic rings. The number of hydrogen-bond donors (Lipinski definition) is 0. The van der Waals surface area contributed by atoms with Crippen molar-refractivity contribution in [1.29, 1.82) is 0 Å². The molecule has 0 aliphatic heterocycles. The molecule has 0 aromatic heterocycles. The SMILES string of the molecule is C1=C[CH]([Hf+2]([CH]2C=Cc3ccccc32)=[Si](c2ccccc2)c2ccccc2)c2ccccc21.[Cl-].[Cl-]. The van der Waals surface area contributed by atoms with Crippen molar-refractivity contribution in [3.63, 3.8) is 0 Å².